The molecule has 1 aliphatic rings. The van der Waals surface area contributed by atoms with Gasteiger partial charge in [0.2, 0.25) is 11.8 Å². The maximum Gasteiger partial charge on any atom is 0.225 e. The Morgan fingerprint density at radius 1 is 1.27 bits per heavy atom. The minimum atomic E-state index is -0.314. The normalized spacial score (nSPS) is 16.8. The highest BCUT2D eigenvalue weighted by Crippen LogP contribution is 2.19. The first kappa shape index (κ1) is 18.0. The lowest BCUT2D eigenvalue weighted by molar-refractivity contribution is -0.129. The van der Waals surface area contributed by atoms with Crippen LogP contribution in [-0.2, 0) is 22.6 Å². The molecule has 0 aliphatic carbocycles. The van der Waals surface area contributed by atoms with Crippen LogP contribution in [0.3, 0.4) is 0 Å². The van der Waals surface area contributed by atoms with Crippen LogP contribution in [0.4, 0.5) is 0 Å². The van der Waals surface area contributed by atoms with Crippen LogP contribution in [0.1, 0.15) is 29.3 Å². The second-order valence-corrected chi connectivity index (χ2v) is 6.60. The van der Waals surface area contributed by atoms with Gasteiger partial charge in [-0.05, 0) is 32.0 Å². The first-order chi connectivity index (χ1) is 12.5. The molecule has 0 radical (unpaired) electrons. The summed E-state index contributed by atoms with van der Waals surface area (Å²) >= 11 is 0. The summed E-state index contributed by atoms with van der Waals surface area (Å²) in [5.41, 5.74) is 2.67. The number of pyridine rings is 1. The minimum absolute atomic E-state index is 0.00607. The number of aryl methyl sites for hydroxylation is 2. The number of hydrogen-bond acceptors (Lipinski definition) is 5. The van der Waals surface area contributed by atoms with Crippen LogP contribution < -0.4 is 5.32 Å². The largest absolute Gasteiger partial charge is 0.355 e. The molecule has 1 atom stereocenters. The average molecular weight is 353 g/mol. The number of nitrogens with zero attached hydrogens (tertiary/aromatic N) is 4. The van der Waals surface area contributed by atoms with Crippen molar-refractivity contribution in [3.8, 4) is 0 Å². The van der Waals surface area contributed by atoms with Crippen LogP contribution in [0.2, 0.25) is 0 Å². The summed E-state index contributed by atoms with van der Waals surface area (Å²) in [4.78, 5) is 39.2. The molecule has 0 unspecified atom stereocenters. The molecule has 7 heteroatoms. The summed E-state index contributed by atoms with van der Waals surface area (Å²) in [5, 5.41) is 2.90. The zero-order valence-electron chi connectivity index (χ0n) is 15.1. The van der Waals surface area contributed by atoms with Crippen molar-refractivity contribution in [2.24, 2.45) is 5.92 Å². The van der Waals surface area contributed by atoms with Gasteiger partial charge in [-0.3, -0.25) is 14.6 Å². The summed E-state index contributed by atoms with van der Waals surface area (Å²) in [5.74, 6) is 0.313. The van der Waals surface area contributed by atoms with Crippen LogP contribution in [0.15, 0.2) is 30.5 Å². The van der Waals surface area contributed by atoms with Gasteiger partial charge in [0.05, 0.1) is 18.2 Å². The summed E-state index contributed by atoms with van der Waals surface area (Å²) in [6.45, 7) is 5.20. The number of rotatable bonds is 6. The lowest BCUT2D eigenvalue weighted by Gasteiger charge is -2.16. The van der Waals surface area contributed by atoms with Crippen molar-refractivity contribution in [1.82, 2.24) is 25.2 Å². The molecule has 2 amide bonds. The highest BCUT2D eigenvalue weighted by Gasteiger charge is 2.34. The number of amides is 2. The van der Waals surface area contributed by atoms with Gasteiger partial charge in [-0.1, -0.05) is 6.07 Å². The Morgan fingerprint density at radius 2 is 2.04 bits per heavy atom. The standard InChI is InChI=1S/C19H23N5O2/c1-13-9-14(2)23-17(22-13)6-8-21-19(26)15-10-18(25)24(11-15)12-16-5-3-4-7-20-16/h3-5,7,9,15H,6,8,10-12H2,1-2H3,(H,21,26)/t15-/m0/s1. The van der Waals surface area contributed by atoms with Gasteiger partial charge in [0.1, 0.15) is 5.82 Å². The second kappa shape index (κ2) is 8.03. The molecular weight excluding hydrogens is 330 g/mol. The Labute approximate surface area is 152 Å². The number of carbonyl (C=O) groups is 2. The Hall–Kier alpha value is -2.83. The Balaban J connectivity index is 1.48. The number of aromatic nitrogens is 3. The fraction of sp³-hybridized carbons (Fsp3) is 0.421. The lowest BCUT2D eigenvalue weighted by Crippen LogP contribution is -2.34. The SMILES string of the molecule is Cc1cc(C)nc(CCNC(=O)[C@H]2CC(=O)N(Cc3ccccn3)C2)n1. The predicted molar refractivity (Wildman–Crippen MR) is 96.0 cm³/mol. The van der Waals surface area contributed by atoms with Gasteiger partial charge in [-0.2, -0.15) is 0 Å². The summed E-state index contributed by atoms with van der Waals surface area (Å²) < 4.78 is 0. The smallest absolute Gasteiger partial charge is 0.225 e. The molecule has 7 nitrogen and oxygen atoms in total. The van der Waals surface area contributed by atoms with Crippen LogP contribution >= 0.6 is 0 Å². The number of nitrogens with one attached hydrogen (secondary N) is 1. The van der Waals surface area contributed by atoms with Crippen LogP contribution in [-0.4, -0.2) is 44.8 Å². The third kappa shape index (κ3) is 4.62. The van der Waals surface area contributed by atoms with E-state index >= 15 is 0 Å². The Morgan fingerprint density at radius 3 is 2.73 bits per heavy atom. The molecule has 2 aromatic heterocycles. The first-order valence-electron chi connectivity index (χ1n) is 8.78. The van der Waals surface area contributed by atoms with Gasteiger partial charge in [0.15, 0.2) is 0 Å². The Kier molecular flexibility index (Phi) is 5.55. The molecule has 1 N–H and O–H groups in total. The van der Waals surface area contributed by atoms with E-state index in [4.69, 9.17) is 0 Å². The van der Waals surface area contributed by atoms with Crippen molar-refractivity contribution in [1.29, 1.82) is 0 Å². The fourth-order valence-corrected chi connectivity index (χ4v) is 3.14. The van der Waals surface area contributed by atoms with Crippen LogP contribution in [0.5, 0.6) is 0 Å². The van der Waals surface area contributed by atoms with E-state index < -0.39 is 0 Å². The first-order valence-corrected chi connectivity index (χ1v) is 8.78. The number of carbonyl (C=O) groups excluding carboxylic acids is 2. The number of likely N-dealkylation sites (tertiary alicyclic amines) is 1. The van der Waals surface area contributed by atoms with Crippen molar-refractivity contribution in [3.63, 3.8) is 0 Å². The van der Waals surface area contributed by atoms with Crippen molar-refractivity contribution >= 4 is 11.8 Å². The summed E-state index contributed by atoms with van der Waals surface area (Å²) in [6, 6.07) is 7.53. The zero-order valence-corrected chi connectivity index (χ0v) is 15.1. The lowest BCUT2D eigenvalue weighted by atomic mass is 10.1. The van der Waals surface area contributed by atoms with E-state index in [2.05, 4.69) is 20.3 Å². The molecular formula is C19H23N5O2. The highest BCUT2D eigenvalue weighted by atomic mass is 16.2. The maximum absolute atomic E-state index is 12.4. The van der Waals surface area contributed by atoms with Gasteiger partial charge in [-0.25, -0.2) is 9.97 Å². The molecule has 3 heterocycles. The molecule has 26 heavy (non-hydrogen) atoms. The quantitative estimate of drug-likeness (QED) is 0.843. The second-order valence-electron chi connectivity index (χ2n) is 6.60. The van der Waals surface area contributed by atoms with Crippen molar-refractivity contribution in [3.05, 3.63) is 53.4 Å². The molecule has 1 fully saturated rings. The van der Waals surface area contributed by atoms with Gasteiger partial charge < -0.3 is 10.2 Å². The molecule has 1 saturated heterocycles. The zero-order chi connectivity index (χ0) is 18.5. The minimum Gasteiger partial charge on any atom is -0.355 e. The third-order valence-electron chi connectivity index (χ3n) is 4.34. The molecule has 2 aromatic rings. The molecule has 0 spiro atoms. The van der Waals surface area contributed by atoms with Crippen molar-refractivity contribution in [2.45, 2.75) is 33.2 Å². The molecule has 0 saturated carbocycles. The molecule has 3 rings (SSSR count). The van der Waals surface area contributed by atoms with Gasteiger partial charge in [-0.15, -0.1) is 0 Å². The molecule has 0 bridgehead atoms. The summed E-state index contributed by atoms with van der Waals surface area (Å²) in [7, 11) is 0. The monoisotopic (exact) mass is 353 g/mol. The van der Waals surface area contributed by atoms with Crippen LogP contribution in [0, 0.1) is 19.8 Å². The van der Waals surface area contributed by atoms with E-state index in [0.29, 0.717) is 26.1 Å². The van der Waals surface area contributed by atoms with E-state index in [-0.39, 0.29) is 24.2 Å². The van der Waals surface area contributed by atoms with Gasteiger partial charge in [0, 0.05) is 43.5 Å². The van der Waals surface area contributed by atoms with Gasteiger partial charge in [0.25, 0.3) is 0 Å². The van der Waals surface area contributed by atoms with E-state index in [0.717, 1.165) is 22.9 Å². The van der Waals surface area contributed by atoms with E-state index in [9.17, 15) is 9.59 Å². The maximum atomic E-state index is 12.4. The van der Waals surface area contributed by atoms with E-state index in [1.807, 2.05) is 38.1 Å². The van der Waals surface area contributed by atoms with E-state index in [1.165, 1.54) is 0 Å². The molecule has 1 aliphatic heterocycles. The van der Waals surface area contributed by atoms with Crippen molar-refractivity contribution < 1.29 is 9.59 Å². The van der Waals surface area contributed by atoms with Gasteiger partial charge >= 0.3 is 0 Å². The average Bonchev–Trinajstić information content (AvgIpc) is 2.96. The molecule has 0 aromatic carbocycles. The third-order valence-corrected chi connectivity index (χ3v) is 4.34. The van der Waals surface area contributed by atoms with E-state index in [1.54, 1.807) is 11.1 Å². The Bertz CT molecular complexity index is 774. The summed E-state index contributed by atoms with van der Waals surface area (Å²) in [6.07, 6.45) is 2.53. The van der Waals surface area contributed by atoms with Crippen LogP contribution in [0.25, 0.3) is 0 Å². The molecule has 136 valence electrons. The highest BCUT2D eigenvalue weighted by molar-refractivity contribution is 5.89. The fourth-order valence-electron chi connectivity index (χ4n) is 3.14. The topological polar surface area (TPSA) is 88.1 Å². The predicted octanol–water partition coefficient (Wildman–Crippen LogP) is 1.20. The number of hydrogen-bond donors (Lipinski definition) is 1. The van der Waals surface area contributed by atoms with Crippen molar-refractivity contribution in [2.75, 3.05) is 13.1 Å².